The van der Waals surface area contributed by atoms with Gasteiger partial charge in [-0.3, -0.25) is 14.4 Å². The van der Waals surface area contributed by atoms with Gasteiger partial charge in [-0.15, -0.1) is 11.8 Å². The minimum absolute atomic E-state index is 0.0347. The van der Waals surface area contributed by atoms with Gasteiger partial charge in [-0.05, 0) is 32.1 Å². The first-order chi connectivity index (χ1) is 16.3. The van der Waals surface area contributed by atoms with Gasteiger partial charge in [0.25, 0.3) is 0 Å². The lowest BCUT2D eigenvalue weighted by Crippen LogP contribution is -2.44. The van der Waals surface area contributed by atoms with Crippen LogP contribution in [0.2, 0.25) is 0 Å². The van der Waals surface area contributed by atoms with Crippen molar-refractivity contribution < 1.29 is 29.7 Å². The number of allylic oxidation sites excluding steroid dienone is 7. The van der Waals surface area contributed by atoms with Gasteiger partial charge < -0.3 is 26.4 Å². The molecule has 0 aromatic heterocycles. The SMILES string of the molecule is CCCCC/C=C\C\C=C/C=C/C=C/[C@H](SC[C@H](N)C(=O)NCC(=O)O)[C@@H](O)CCCC(=O)O. The van der Waals surface area contributed by atoms with Crippen molar-refractivity contribution in [3.8, 4) is 0 Å². The third-order valence-corrected chi connectivity index (χ3v) is 6.08. The quantitative estimate of drug-likeness (QED) is 0.0977. The zero-order valence-corrected chi connectivity index (χ0v) is 20.8. The maximum absolute atomic E-state index is 11.9. The van der Waals surface area contributed by atoms with Gasteiger partial charge in [-0.25, -0.2) is 0 Å². The second kappa shape index (κ2) is 21.2. The molecule has 0 saturated carbocycles. The molecule has 0 aliphatic rings. The molecule has 0 aromatic carbocycles. The van der Waals surface area contributed by atoms with E-state index < -0.39 is 41.8 Å². The first kappa shape index (κ1) is 31.6. The van der Waals surface area contributed by atoms with Crippen molar-refractivity contribution in [1.29, 1.82) is 0 Å². The Bertz CT molecular complexity index is 706. The summed E-state index contributed by atoms with van der Waals surface area (Å²) in [7, 11) is 0. The summed E-state index contributed by atoms with van der Waals surface area (Å²) in [5, 5.41) is 29.8. The summed E-state index contributed by atoms with van der Waals surface area (Å²) < 4.78 is 0. The normalized spacial score (nSPS) is 14.8. The van der Waals surface area contributed by atoms with Crippen LogP contribution in [0.1, 0.15) is 58.3 Å². The van der Waals surface area contributed by atoms with E-state index in [2.05, 4.69) is 24.4 Å². The molecule has 8 nitrogen and oxygen atoms in total. The molecule has 0 radical (unpaired) electrons. The molecule has 0 fully saturated rings. The van der Waals surface area contributed by atoms with Gasteiger partial charge >= 0.3 is 11.9 Å². The highest BCUT2D eigenvalue weighted by atomic mass is 32.2. The Morgan fingerprint density at radius 1 is 0.971 bits per heavy atom. The smallest absolute Gasteiger partial charge is 0.322 e. The molecule has 6 N–H and O–H groups in total. The molecule has 0 saturated heterocycles. The Morgan fingerprint density at radius 3 is 2.38 bits per heavy atom. The number of aliphatic carboxylic acids is 2. The first-order valence-corrected chi connectivity index (χ1v) is 12.7. The van der Waals surface area contributed by atoms with Crippen molar-refractivity contribution in [1.82, 2.24) is 5.32 Å². The highest BCUT2D eigenvalue weighted by Crippen LogP contribution is 2.21. The Hall–Kier alpha value is -2.36. The average molecular weight is 497 g/mol. The molecule has 34 heavy (non-hydrogen) atoms. The zero-order chi connectivity index (χ0) is 25.6. The van der Waals surface area contributed by atoms with Crippen LogP contribution in [0.5, 0.6) is 0 Å². The number of nitrogens with one attached hydrogen (secondary N) is 1. The monoisotopic (exact) mass is 496 g/mol. The van der Waals surface area contributed by atoms with Crippen LogP contribution in [0, 0.1) is 0 Å². The van der Waals surface area contributed by atoms with Crippen LogP contribution in [0.15, 0.2) is 48.6 Å². The van der Waals surface area contributed by atoms with Crippen LogP contribution in [-0.4, -0.2) is 62.9 Å². The van der Waals surface area contributed by atoms with Crippen molar-refractivity contribution in [3.63, 3.8) is 0 Å². The molecular weight excluding hydrogens is 456 g/mol. The summed E-state index contributed by atoms with van der Waals surface area (Å²) in [6, 6.07) is -0.931. The van der Waals surface area contributed by atoms with Crippen molar-refractivity contribution >= 4 is 29.6 Å². The fourth-order valence-electron chi connectivity index (χ4n) is 2.77. The molecule has 3 atom stereocenters. The fourth-order valence-corrected chi connectivity index (χ4v) is 3.91. The molecule has 9 heteroatoms. The van der Waals surface area contributed by atoms with E-state index in [1.165, 1.54) is 31.0 Å². The van der Waals surface area contributed by atoms with Crippen molar-refractivity contribution in [2.24, 2.45) is 5.73 Å². The van der Waals surface area contributed by atoms with Crippen molar-refractivity contribution in [2.45, 2.75) is 75.7 Å². The van der Waals surface area contributed by atoms with Crippen LogP contribution in [-0.2, 0) is 14.4 Å². The topological polar surface area (TPSA) is 150 Å². The van der Waals surface area contributed by atoms with Gasteiger partial charge in [-0.1, -0.05) is 68.4 Å². The maximum Gasteiger partial charge on any atom is 0.322 e. The van der Waals surface area contributed by atoms with Gasteiger partial charge in [0.05, 0.1) is 12.1 Å². The minimum Gasteiger partial charge on any atom is -0.481 e. The molecule has 0 unspecified atom stereocenters. The minimum atomic E-state index is -1.16. The van der Waals surface area contributed by atoms with E-state index in [4.69, 9.17) is 15.9 Å². The fraction of sp³-hybridized carbons (Fsp3) is 0.560. The Kier molecular flexibility index (Phi) is 19.7. The molecule has 0 spiro atoms. The molecule has 1 amide bonds. The number of hydrogen-bond acceptors (Lipinski definition) is 6. The van der Waals surface area contributed by atoms with Crippen molar-refractivity contribution in [2.75, 3.05) is 12.3 Å². The van der Waals surface area contributed by atoms with Crippen LogP contribution in [0.3, 0.4) is 0 Å². The molecule has 0 aromatic rings. The van der Waals surface area contributed by atoms with E-state index in [-0.39, 0.29) is 12.2 Å². The van der Waals surface area contributed by atoms with Crippen LogP contribution < -0.4 is 11.1 Å². The number of carboxylic acids is 2. The van der Waals surface area contributed by atoms with Crippen molar-refractivity contribution in [3.05, 3.63) is 48.6 Å². The largest absolute Gasteiger partial charge is 0.481 e. The predicted octanol–water partition coefficient (Wildman–Crippen LogP) is 3.43. The summed E-state index contributed by atoms with van der Waals surface area (Å²) in [5.41, 5.74) is 5.82. The number of nitrogens with two attached hydrogens (primary N) is 1. The summed E-state index contributed by atoms with van der Waals surface area (Å²) in [4.78, 5) is 33.2. The number of aliphatic hydroxyl groups is 1. The van der Waals surface area contributed by atoms with E-state index in [1.54, 1.807) is 12.2 Å². The zero-order valence-electron chi connectivity index (χ0n) is 20.0. The molecule has 192 valence electrons. The lowest BCUT2D eigenvalue weighted by atomic mass is 10.1. The molecule has 0 rings (SSSR count). The molecule has 0 aliphatic heterocycles. The third kappa shape index (κ3) is 19.1. The van der Waals surface area contributed by atoms with E-state index in [0.29, 0.717) is 12.8 Å². The summed E-state index contributed by atoms with van der Waals surface area (Å²) in [6.45, 7) is 1.68. The van der Waals surface area contributed by atoms with Gasteiger partial charge in [0.2, 0.25) is 5.91 Å². The van der Waals surface area contributed by atoms with E-state index in [0.717, 1.165) is 12.8 Å². The second-order valence-corrected chi connectivity index (χ2v) is 8.98. The highest BCUT2D eigenvalue weighted by molar-refractivity contribution is 8.00. The standard InChI is InChI=1S/C25H40N2O6S/c1-2-3-4-5-6-7-8-9-10-11-12-13-16-22(21(28)15-14-17-23(29)30)34-19-20(26)25(33)27-18-24(31)32/h6-7,9-13,16,20-22,28H,2-5,8,14-15,17-19,26H2,1H3,(H,27,33)(H,29,30)(H,31,32)/b7-6-,10-9-,12-11+,16-13+/t20-,21-,22-/m0/s1. The number of amides is 1. The van der Waals surface area contributed by atoms with Gasteiger partial charge in [0, 0.05) is 17.4 Å². The van der Waals surface area contributed by atoms with E-state index in [9.17, 15) is 19.5 Å². The lowest BCUT2D eigenvalue weighted by molar-refractivity contribution is -0.138. The Labute approximate surface area is 207 Å². The number of carboxylic acid groups (broad SMARTS) is 2. The third-order valence-electron chi connectivity index (χ3n) is 4.67. The predicted molar refractivity (Wildman–Crippen MR) is 138 cm³/mol. The number of aliphatic hydroxyl groups excluding tert-OH is 1. The first-order valence-electron chi connectivity index (χ1n) is 11.7. The summed E-state index contributed by atoms with van der Waals surface area (Å²) >= 11 is 1.26. The number of rotatable bonds is 20. The molecule has 0 heterocycles. The van der Waals surface area contributed by atoms with Gasteiger partial charge in [-0.2, -0.15) is 0 Å². The van der Waals surface area contributed by atoms with Gasteiger partial charge in [0.15, 0.2) is 0 Å². The van der Waals surface area contributed by atoms with Crippen LogP contribution in [0.25, 0.3) is 0 Å². The number of unbranched alkanes of at least 4 members (excludes halogenated alkanes) is 3. The van der Waals surface area contributed by atoms with E-state index in [1.807, 2.05) is 24.3 Å². The number of thioether (sulfide) groups is 1. The maximum atomic E-state index is 11.9. The number of carbonyl (C=O) groups excluding carboxylic acids is 1. The van der Waals surface area contributed by atoms with E-state index >= 15 is 0 Å². The summed E-state index contributed by atoms with van der Waals surface area (Å²) in [5.74, 6) is -2.49. The summed E-state index contributed by atoms with van der Waals surface area (Å²) in [6.07, 6.45) is 21.1. The molecule has 0 aliphatic carbocycles. The molecule has 0 bridgehead atoms. The van der Waals surface area contributed by atoms with Crippen LogP contribution >= 0.6 is 11.8 Å². The Morgan fingerprint density at radius 2 is 1.71 bits per heavy atom. The highest BCUT2D eigenvalue weighted by Gasteiger charge is 2.21. The van der Waals surface area contributed by atoms with Crippen LogP contribution in [0.4, 0.5) is 0 Å². The number of hydrogen-bond donors (Lipinski definition) is 5. The number of carbonyl (C=O) groups is 3. The van der Waals surface area contributed by atoms with Gasteiger partial charge in [0.1, 0.15) is 6.54 Å². The lowest BCUT2D eigenvalue weighted by Gasteiger charge is -2.21. The molecular formula is C25H40N2O6S. The Balaban J connectivity index is 4.70. The second-order valence-electron chi connectivity index (χ2n) is 7.77. The average Bonchev–Trinajstić information content (AvgIpc) is 2.79.